The average Bonchev–Trinajstić information content (AvgIpc) is 2.76. The highest BCUT2D eigenvalue weighted by Crippen LogP contribution is 2.18. The number of aromatic nitrogens is 2. The van der Waals surface area contributed by atoms with Gasteiger partial charge in [0, 0.05) is 18.8 Å². The van der Waals surface area contributed by atoms with E-state index in [4.69, 9.17) is 0 Å². The molecule has 1 unspecified atom stereocenters. The van der Waals surface area contributed by atoms with Gasteiger partial charge >= 0.3 is 6.18 Å². The summed E-state index contributed by atoms with van der Waals surface area (Å²) in [7, 11) is -3.84. The van der Waals surface area contributed by atoms with Crippen molar-refractivity contribution in [1.82, 2.24) is 19.8 Å². The zero-order valence-corrected chi connectivity index (χ0v) is 12.6. The minimum Gasteiger partial charge on any atom is -0.315 e. The third-order valence-corrected chi connectivity index (χ3v) is 4.35. The maximum Gasteiger partial charge on any atom is 0.408 e. The lowest BCUT2D eigenvalue weighted by Crippen LogP contribution is -2.45. The first kappa shape index (κ1) is 18.2. The number of hydrogen-bond acceptors (Lipinski definition) is 4. The Bertz CT molecular complexity index is 555. The van der Waals surface area contributed by atoms with Crippen LogP contribution >= 0.6 is 12.4 Å². The highest BCUT2D eigenvalue weighted by atomic mass is 35.5. The van der Waals surface area contributed by atoms with Crippen LogP contribution in [0.3, 0.4) is 0 Å². The van der Waals surface area contributed by atoms with Crippen LogP contribution in [0.25, 0.3) is 0 Å². The molecule has 1 aliphatic heterocycles. The van der Waals surface area contributed by atoms with Crippen LogP contribution in [0, 0.1) is 0 Å². The molecule has 122 valence electrons. The summed E-state index contributed by atoms with van der Waals surface area (Å²) in [4.78, 5) is -0.257. The Kier molecular flexibility index (Phi) is 6.02. The van der Waals surface area contributed by atoms with E-state index in [1.54, 1.807) is 0 Å². The number of rotatable bonds is 4. The smallest absolute Gasteiger partial charge is 0.315 e. The minimum absolute atomic E-state index is 0. The van der Waals surface area contributed by atoms with E-state index in [1.807, 2.05) is 0 Å². The maximum atomic E-state index is 12.2. The van der Waals surface area contributed by atoms with Crippen LogP contribution in [0.1, 0.15) is 12.8 Å². The summed E-state index contributed by atoms with van der Waals surface area (Å²) < 4.78 is 63.6. The van der Waals surface area contributed by atoms with Crippen LogP contribution in [0.2, 0.25) is 0 Å². The van der Waals surface area contributed by atoms with Gasteiger partial charge in [-0.05, 0) is 19.4 Å². The zero-order valence-electron chi connectivity index (χ0n) is 10.9. The van der Waals surface area contributed by atoms with Crippen LogP contribution in [0.15, 0.2) is 17.3 Å². The summed E-state index contributed by atoms with van der Waals surface area (Å²) in [5.74, 6) is 0. The van der Waals surface area contributed by atoms with E-state index in [-0.39, 0.29) is 23.3 Å². The van der Waals surface area contributed by atoms with Crippen molar-refractivity contribution in [2.45, 2.75) is 36.5 Å². The molecule has 6 nitrogen and oxygen atoms in total. The fraction of sp³-hybridized carbons (Fsp3) is 0.700. The van der Waals surface area contributed by atoms with Crippen molar-refractivity contribution in [2.75, 3.05) is 13.1 Å². The average molecular weight is 349 g/mol. The Hall–Kier alpha value is -0.840. The third-order valence-electron chi connectivity index (χ3n) is 2.88. The Balaban J connectivity index is 0.00000220. The van der Waals surface area contributed by atoms with Crippen LogP contribution in [-0.2, 0) is 16.6 Å². The Morgan fingerprint density at radius 1 is 1.48 bits per heavy atom. The lowest BCUT2D eigenvalue weighted by atomic mass is 10.1. The van der Waals surface area contributed by atoms with E-state index in [9.17, 15) is 21.6 Å². The number of hydrogen-bond donors (Lipinski definition) is 2. The molecule has 1 aromatic rings. The predicted octanol–water partition coefficient (Wildman–Crippen LogP) is 0.897. The monoisotopic (exact) mass is 348 g/mol. The Morgan fingerprint density at radius 3 is 2.76 bits per heavy atom. The number of halogens is 4. The molecule has 0 saturated carbocycles. The maximum absolute atomic E-state index is 12.2. The van der Waals surface area contributed by atoms with Crippen molar-refractivity contribution in [3.8, 4) is 0 Å². The minimum atomic E-state index is -4.44. The number of alkyl halides is 3. The number of nitrogens with zero attached hydrogens (tertiary/aromatic N) is 2. The lowest BCUT2D eigenvalue weighted by molar-refractivity contribution is -0.142. The van der Waals surface area contributed by atoms with Gasteiger partial charge in [0.05, 0.1) is 6.20 Å². The number of nitrogens with one attached hydrogen (secondary N) is 2. The van der Waals surface area contributed by atoms with Crippen molar-refractivity contribution in [3.05, 3.63) is 12.4 Å². The van der Waals surface area contributed by atoms with E-state index < -0.39 is 22.7 Å². The fourth-order valence-electron chi connectivity index (χ4n) is 1.99. The van der Waals surface area contributed by atoms with Gasteiger partial charge in [0.1, 0.15) is 11.4 Å². The molecule has 11 heteroatoms. The third kappa shape index (κ3) is 5.46. The van der Waals surface area contributed by atoms with E-state index in [2.05, 4.69) is 15.1 Å². The highest BCUT2D eigenvalue weighted by Gasteiger charge is 2.29. The van der Waals surface area contributed by atoms with Crippen molar-refractivity contribution >= 4 is 22.4 Å². The lowest BCUT2D eigenvalue weighted by Gasteiger charge is -2.23. The molecule has 2 heterocycles. The van der Waals surface area contributed by atoms with Gasteiger partial charge in [0.25, 0.3) is 0 Å². The standard InChI is InChI=1S/C10H15F3N4O2S.ClH/c11-10(12,13)7-17-6-9(5-15-17)20(18,19)16-8-2-1-3-14-4-8;/h5-6,8,14,16H,1-4,7H2;1H. The quantitative estimate of drug-likeness (QED) is 0.847. The van der Waals surface area contributed by atoms with E-state index in [0.717, 1.165) is 25.4 Å². The van der Waals surface area contributed by atoms with Crippen LogP contribution in [0.5, 0.6) is 0 Å². The SMILES string of the molecule is Cl.O=S(=O)(NC1CCCNC1)c1cnn(CC(F)(F)F)c1. The molecule has 1 aliphatic rings. The molecule has 1 aromatic heterocycles. The van der Waals surface area contributed by atoms with Gasteiger partial charge in [0.2, 0.25) is 10.0 Å². The first-order valence-corrected chi connectivity index (χ1v) is 7.57. The van der Waals surface area contributed by atoms with Crippen molar-refractivity contribution in [3.63, 3.8) is 0 Å². The summed E-state index contributed by atoms with van der Waals surface area (Å²) in [5, 5.41) is 6.47. The van der Waals surface area contributed by atoms with Gasteiger partial charge in [-0.1, -0.05) is 0 Å². The molecule has 2 N–H and O–H groups in total. The van der Waals surface area contributed by atoms with Gasteiger partial charge in [-0.15, -0.1) is 12.4 Å². The normalized spacial score (nSPS) is 20.0. The molecule has 1 fully saturated rings. The van der Waals surface area contributed by atoms with Gasteiger partial charge in [-0.25, -0.2) is 13.1 Å². The molecule has 21 heavy (non-hydrogen) atoms. The summed E-state index contributed by atoms with van der Waals surface area (Å²) in [6.07, 6.45) is -1.09. The second-order valence-electron chi connectivity index (χ2n) is 4.65. The van der Waals surface area contributed by atoms with Gasteiger partial charge in [0.15, 0.2) is 0 Å². The topological polar surface area (TPSA) is 76.0 Å². The summed E-state index contributed by atoms with van der Waals surface area (Å²) >= 11 is 0. The second kappa shape index (κ2) is 6.95. The molecule has 0 spiro atoms. The van der Waals surface area contributed by atoms with Gasteiger partial charge < -0.3 is 5.32 Å². The van der Waals surface area contributed by atoms with Crippen LogP contribution in [-0.4, -0.2) is 43.5 Å². The van der Waals surface area contributed by atoms with Gasteiger partial charge in [-0.2, -0.15) is 18.3 Å². The molecular formula is C10H16ClF3N4O2S. The molecule has 1 atom stereocenters. The molecule has 0 aromatic carbocycles. The molecule has 0 aliphatic carbocycles. The van der Waals surface area contributed by atoms with Crippen LogP contribution in [0.4, 0.5) is 13.2 Å². The predicted molar refractivity (Wildman–Crippen MR) is 71.7 cm³/mol. The second-order valence-corrected chi connectivity index (χ2v) is 6.37. The molecule has 1 saturated heterocycles. The van der Waals surface area contributed by atoms with E-state index in [0.29, 0.717) is 17.6 Å². The zero-order chi connectivity index (χ0) is 14.8. The van der Waals surface area contributed by atoms with Crippen molar-refractivity contribution in [2.24, 2.45) is 0 Å². The van der Waals surface area contributed by atoms with E-state index in [1.165, 1.54) is 0 Å². The number of piperidine rings is 1. The van der Waals surface area contributed by atoms with Crippen LogP contribution < -0.4 is 10.0 Å². The Labute approximate surface area is 126 Å². The summed E-state index contributed by atoms with van der Waals surface area (Å²) in [6, 6.07) is -0.250. The molecule has 0 bridgehead atoms. The van der Waals surface area contributed by atoms with Crippen molar-refractivity contribution < 1.29 is 21.6 Å². The molecule has 0 radical (unpaired) electrons. The first-order chi connectivity index (χ1) is 9.26. The first-order valence-electron chi connectivity index (χ1n) is 6.08. The van der Waals surface area contributed by atoms with Crippen molar-refractivity contribution in [1.29, 1.82) is 0 Å². The summed E-state index contributed by atoms with van der Waals surface area (Å²) in [5.41, 5.74) is 0. The summed E-state index contributed by atoms with van der Waals surface area (Å²) in [6.45, 7) is 0.0329. The largest absolute Gasteiger partial charge is 0.408 e. The van der Waals surface area contributed by atoms with Gasteiger partial charge in [-0.3, -0.25) is 4.68 Å². The number of sulfonamides is 1. The molecule has 2 rings (SSSR count). The van der Waals surface area contributed by atoms with E-state index >= 15 is 0 Å². The Morgan fingerprint density at radius 2 is 2.19 bits per heavy atom. The molecular weight excluding hydrogens is 333 g/mol. The highest BCUT2D eigenvalue weighted by molar-refractivity contribution is 7.89. The molecule has 0 amide bonds. The fourth-order valence-corrected chi connectivity index (χ4v) is 3.22.